The van der Waals surface area contributed by atoms with E-state index in [-0.39, 0.29) is 16.9 Å². The van der Waals surface area contributed by atoms with E-state index in [0.717, 1.165) is 41.6 Å². The first-order valence-corrected chi connectivity index (χ1v) is 9.69. The summed E-state index contributed by atoms with van der Waals surface area (Å²) in [4.78, 5) is 12.8. The van der Waals surface area contributed by atoms with E-state index in [1.807, 2.05) is 0 Å². The second-order valence-electron chi connectivity index (χ2n) is 8.98. The second kappa shape index (κ2) is 5.12. The maximum absolute atomic E-state index is 12.8. The van der Waals surface area contributed by atoms with Gasteiger partial charge in [-0.1, -0.05) is 18.7 Å². The third-order valence-corrected chi connectivity index (χ3v) is 7.87. The molecule has 4 fully saturated rings. The highest BCUT2D eigenvalue weighted by Gasteiger charge is 2.66. The van der Waals surface area contributed by atoms with E-state index in [9.17, 15) is 9.90 Å². The molecule has 0 aliphatic heterocycles. The molecule has 3 heteroatoms. The van der Waals surface area contributed by atoms with Crippen molar-refractivity contribution >= 4 is 12.0 Å². The van der Waals surface area contributed by atoms with Crippen LogP contribution in [0.1, 0.15) is 54.9 Å². The largest absolute Gasteiger partial charge is 0.507 e. The van der Waals surface area contributed by atoms with Gasteiger partial charge in [0.05, 0.1) is 0 Å². The Morgan fingerprint density at radius 3 is 2.76 bits per heavy atom. The van der Waals surface area contributed by atoms with Gasteiger partial charge in [0.2, 0.25) is 0 Å². The third kappa shape index (κ3) is 2.07. The van der Waals surface area contributed by atoms with Gasteiger partial charge in [-0.3, -0.25) is 0 Å². The van der Waals surface area contributed by atoms with Gasteiger partial charge in [-0.25, -0.2) is 4.79 Å². The van der Waals surface area contributed by atoms with Crippen molar-refractivity contribution in [3.8, 4) is 5.75 Å². The van der Waals surface area contributed by atoms with Crippen molar-refractivity contribution in [3.63, 3.8) is 0 Å². The van der Waals surface area contributed by atoms with E-state index in [4.69, 9.17) is 4.74 Å². The van der Waals surface area contributed by atoms with Gasteiger partial charge in [0.1, 0.15) is 16.9 Å². The predicted molar refractivity (Wildman–Crippen MR) is 96.0 cm³/mol. The number of fused-ring (bicyclic) bond motifs is 9. The van der Waals surface area contributed by atoms with Gasteiger partial charge in [-0.05, 0) is 86.3 Å². The van der Waals surface area contributed by atoms with Gasteiger partial charge < -0.3 is 9.84 Å². The van der Waals surface area contributed by atoms with Gasteiger partial charge in [-0.2, -0.15) is 0 Å². The molecule has 1 aromatic rings. The molecule has 0 aromatic heterocycles. The van der Waals surface area contributed by atoms with Gasteiger partial charge >= 0.3 is 5.97 Å². The van der Waals surface area contributed by atoms with E-state index in [1.165, 1.54) is 25.7 Å². The summed E-state index contributed by atoms with van der Waals surface area (Å²) in [5, 5.41) is 10.1. The van der Waals surface area contributed by atoms with Crippen LogP contribution in [0.3, 0.4) is 0 Å². The number of aromatic hydroxyl groups is 1. The van der Waals surface area contributed by atoms with Crippen LogP contribution >= 0.6 is 0 Å². The Balaban J connectivity index is 1.40. The number of carbonyl (C=O) groups excluding carboxylic acids is 1. The van der Waals surface area contributed by atoms with Crippen LogP contribution in [0.2, 0.25) is 0 Å². The third-order valence-electron chi connectivity index (χ3n) is 7.87. The number of benzene rings is 1. The van der Waals surface area contributed by atoms with Crippen molar-refractivity contribution in [2.24, 2.45) is 35.5 Å². The topological polar surface area (TPSA) is 46.5 Å². The zero-order chi connectivity index (χ0) is 17.3. The Bertz CT molecular complexity index is 754. The summed E-state index contributed by atoms with van der Waals surface area (Å²) in [5.41, 5.74) is 0.700. The average molecular weight is 338 g/mol. The number of rotatable bonds is 3. The van der Waals surface area contributed by atoms with Gasteiger partial charge in [0.15, 0.2) is 0 Å². The van der Waals surface area contributed by atoms with Gasteiger partial charge in [0.25, 0.3) is 0 Å². The summed E-state index contributed by atoms with van der Waals surface area (Å²) in [6.07, 6.45) is 8.11. The molecular formula is C22H26O3. The van der Waals surface area contributed by atoms with Crippen molar-refractivity contribution < 1.29 is 14.6 Å². The summed E-state index contributed by atoms with van der Waals surface area (Å²) in [6.45, 7) is 5.86. The SMILES string of the molecule is C=Cc1ccc(O)c(C(=O)OC2(C)CC3CC2C2C4CCC(C4)C32)c1. The molecule has 4 saturated carbocycles. The molecule has 0 saturated heterocycles. The fourth-order valence-corrected chi connectivity index (χ4v) is 7.09. The van der Waals surface area contributed by atoms with Crippen molar-refractivity contribution in [2.75, 3.05) is 0 Å². The van der Waals surface area contributed by atoms with Gasteiger partial charge in [0, 0.05) is 5.92 Å². The predicted octanol–water partition coefficient (Wildman–Crippen LogP) is 4.65. The summed E-state index contributed by atoms with van der Waals surface area (Å²) in [7, 11) is 0. The molecule has 4 bridgehead atoms. The van der Waals surface area contributed by atoms with Crippen LogP contribution in [0, 0.1) is 35.5 Å². The smallest absolute Gasteiger partial charge is 0.342 e. The van der Waals surface area contributed by atoms with Crippen LogP contribution in [-0.2, 0) is 4.74 Å². The molecule has 4 aliphatic carbocycles. The molecule has 0 heterocycles. The Labute approximate surface area is 149 Å². The van der Waals surface area contributed by atoms with E-state index < -0.39 is 5.97 Å². The van der Waals surface area contributed by atoms with E-state index in [2.05, 4.69) is 13.5 Å². The maximum Gasteiger partial charge on any atom is 0.342 e. The zero-order valence-corrected chi connectivity index (χ0v) is 14.8. The number of carbonyl (C=O) groups is 1. The lowest BCUT2D eigenvalue weighted by Gasteiger charge is -2.44. The lowest BCUT2D eigenvalue weighted by atomic mass is 9.66. The lowest BCUT2D eigenvalue weighted by molar-refractivity contribution is -0.0707. The molecule has 0 radical (unpaired) electrons. The molecule has 1 N–H and O–H groups in total. The minimum Gasteiger partial charge on any atom is -0.507 e. The number of ether oxygens (including phenoxy) is 1. The van der Waals surface area contributed by atoms with Crippen molar-refractivity contribution in [2.45, 2.75) is 44.6 Å². The first-order valence-electron chi connectivity index (χ1n) is 9.69. The van der Waals surface area contributed by atoms with Crippen LogP contribution < -0.4 is 0 Å². The number of hydrogen-bond donors (Lipinski definition) is 1. The first-order chi connectivity index (χ1) is 12.0. The van der Waals surface area contributed by atoms with E-state index in [0.29, 0.717) is 5.92 Å². The summed E-state index contributed by atoms with van der Waals surface area (Å²) in [6, 6.07) is 4.96. The molecular weight excluding hydrogens is 312 g/mol. The average Bonchev–Trinajstić information content (AvgIpc) is 3.33. The molecule has 4 aliphatic rings. The van der Waals surface area contributed by atoms with Crippen molar-refractivity contribution in [1.29, 1.82) is 0 Å². The van der Waals surface area contributed by atoms with Crippen LogP contribution in [0.4, 0.5) is 0 Å². The second-order valence-corrected chi connectivity index (χ2v) is 8.98. The Morgan fingerprint density at radius 2 is 2.00 bits per heavy atom. The molecule has 7 atom stereocenters. The summed E-state index contributed by atoms with van der Waals surface area (Å²) >= 11 is 0. The fraction of sp³-hybridized carbons (Fsp3) is 0.591. The number of phenolic OH excluding ortho intramolecular Hbond substituents is 1. The number of esters is 1. The zero-order valence-electron chi connectivity index (χ0n) is 14.8. The Morgan fingerprint density at radius 1 is 1.24 bits per heavy atom. The highest BCUT2D eigenvalue weighted by molar-refractivity contribution is 5.93. The molecule has 0 amide bonds. The minimum atomic E-state index is -0.393. The van der Waals surface area contributed by atoms with Crippen LogP contribution in [0.5, 0.6) is 5.75 Å². The van der Waals surface area contributed by atoms with Crippen molar-refractivity contribution in [1.82, 2.24) is 0 Å². The lowest BCUT2D eigenvalue weighted by Crippen LogP contribution is -2.45. The molecule has 7 unspecified atom stereocenters. The van der Waals surface area contributed by atoms with Gasteiger partial charge in [-0.15, -0.1) is 0 Å². The molecule has 1 aromatic carbocycles. The molecule has 5 rings (SSSR count). The highest BCUT2D eigenvalue weighted by Crippen LogP contribution is 2.70. The number of hydrogen-bond acceptors (Lipinski definition) is 3. The first kappa shape index (κ1) is 15.5. The van der Waals surface area contributed by atoms with E-state index in [1.54, 1.807) is 24.3 Å². The maximum atomic E-state index is 12.8. The van der Waals surface area contributed by atoms with Crippen LogP contribution in [-0.4, -0.2) is 16.7 Å². The molecule has 25 heavy (non-hydrogen) atoms. The standard InChI is InChI=1S/C22H26O3/c1-3-12-4-7-18(23)16(8-12)21(24)25-22(2)11-15-10-17(22)20-14-6-5-13(9-14)19(15)20/h3-4,7-8,13-15,17,19-20,23H,1,5-6,9-11H2,2H3. The quantitative estimate of drug-likeness (QED) is 0.644. The summed E-state index contributed by atoms with van der Waals surface area (Å²) in [5.74, 6) is 4.30. The Hall–Kier alpha value is -1.77. The van der Waals surface area contributed by atoms with E-state index >= 15 is 0 Å². The van der Waals surface area contributed by atoms with Crippen LogP contribution in [0.25, 0.3) is 6.08 Å². The highest BCUT2D eigenvalue weighted by atomic mass is 16.6. The molecule has 132 valence electrons. The monoisotopic (exact) mass is 338 g/mol. The van der Waals surface area contributed by atoms with Crippen LogP contribution in [0.15, 0.2) is 24.8 Å². The summed E-state index contributed by atoms with van der Waals surface area (Å²) < 4.78 is 6.08. The molecule has 3 nitrogen and oxygen atoms in total. The fourth-order valence-electron chi connectivity index (χ4n) is 7.09. The molecule has 0 spiro atoms. The Kier molecular flexibility index (Phi) is 3.17. The minimum absolute atomic E-state index is 0.0137. The number of phenols is 1. The van der Waals surface area contributed by atoms with Crippen molar-refractivity contribution in [3.05, 3.63) is 35.9 Å². The normalized spacial score (nSPS) is 43.2.